The van der Waals surface area contributed by atoms with Crippen molar-refractivity contribution in [3.05, 3.63) is 50.9 Å². The first kappa shape index (κ1) is 13.4. The third-order valence-corrected chi connectivity index (χ3v) is 5.02. The number of nitrogens with one attached hydrogen (secondary N) is 1. The van der Waals surface area contributed by atoms with Gasteiger partial charge in [-0.3, -0.25) is 0 Å². The number of benzene rings is 2. The molecule has 21 heavy (non-hydrogen) atoms. The molecule has 2 aromatic carbocycles. The fourth-order valence-electron chi connectivity index (χ4n) is 3.22. The third kappa shape index (κ3) is 1.96. The van der Waals surface area contributed by atoms with Crippen molar-refractivity contribution in [1.29, 1.82) is 0 Å². The van der Waals surface area contributed by atoms with E-state index in [1.54, 1.807) is 0 Å². The van der Waals surface area contributed by atoms with Crippen molar-refractivity contribution in [3.63, 3.8) is 0 Å². The van der Waals surface area contributed by atoms with E-state index in [1.807, 2.05) is 0 Å². The van der Waals surface area contributed by atoms with E-state index in [1.165, 1.54) is 33.4 Å². The van der Waals surface area contributed by atoms with Crippen LogP contribution in [0.5, 0.6) is 0 Å². The van der Waals surface area contributed by atoms with Gasteiger partial charge in [-0.2, -0.15) is 0 Å². The van der Waals surface area contributed by atoms with E-state index in [4.69, 9.17) is 0 Å². The molecule has 1 aromatic heterocycles. The Balaban J connectivity index is 2.07. The lowest BCUT2D eigenvalue weighted by atomic mass is 10.1. The first-order chi connectivity index (χ1) is 10.2. The Morgan fingerprint density at radius 1 is 1.10 bits per heavy atom. The molecule has 4 heteroatoms. The van der Waals surface area contributed by atoms with Crippen LogP contribution >= 0.6 is 31.9 Å². The summed E-state index contributed by atoms with van der Waals surface area (Å²) in [5.74, 6) is 0. The fourth-order valence-corrected chi connectivity index (χ4v) is 3.99. The summed E-state index contributed by atoms with van der Waals surface area (Å²) in [4.78, 5) is 0. The number of halogens is 2. The quantitative estimate of drug-likeness (QED) is 0.457. The summed E-state index contributed by atoms with van der Waals surface area (Å²) in [6, 6.07) is 13.1. The number of hydrogen-bond donors (Lipinski definition) is 1. The molecule has 0 bridgehead atoms. The minimum atomic E-state index is 0.921. The van der Waals surface area contributed by atoms with Crippen LogP contribution in [0.3, 0.4) is 0 Å². The van der Waals surface area contributed by atoms with Crippen LogP contribution in [0, 0.1) is 0 Å². The van der Waals surface area contributed by atoms with E-state index in [2.05, 4.69) is 85.1 Å². The average molecular weight is 406 g/mol. The molecular weight excluding hydrogens is 392 g/mol. The van der Waals surface area contributed by atoms with Crippen LogP contribution in [-0.2, 0) is 6.54 Å². The molecule has 2 nitrogen and oxygen atoms in total. The topological polar surface area (TPSA) is 17.0 Å². The smallest absolute Gasteiger partial charge is 0.0733 e. The number of aromatic nitrogens is 1. The molecule has 1 N–H and O–H groups in total. The van der Waals surface area contributed by atoms with Crippen LogP contribution in [0.2, 0.25) is 0 Å². The minimum Gasteiger partial charge on any atom is -0.383 e. The van der Waals surface area contributed by atoms with E-state index in [0.29, 0.717) is 0 Å². The predicted molar refractivity (Wildman–Crippen MR) is 96.0 cm³/mol. The summed E-state index contributed by atoms with van der Waals surface area (Å²) < 4.78 is 4.68. The molecule has 2 heterocycles. The third-order valence-electron chi connectivity index (χ3n) is 4.03. The highest BCUT2D eigenvalue weighted by atomic mass is 79.9. The van der Waals surface area contributed by atoms with Gasteiger partial charge in [0.15, 0.2) is 0 Å². The highest BCUT2D eigenvalue weighted by Gasteiger charge is 2.26. The number of hydrogen-bond acceptors (Lipinski definition) is 1. The van der Waals surface area contributed by atoms with Gasteiger partial charge in [0.25, 0.3) is 0 Å². The normalized spacial score (nSPS) is 12.5. The highest BCUT2D eigenvalue weighted by Crippen LogP contribution is 2.45. The molecule has 0 radical (unpaired) electrons. The van der Waals surface area contributed by atoms with Gasteiger partial charge < -0.3 is 9.88 Å². The first-order valence-electron chi connectivity index (χ1n) is 7.03. The monoisotopic (exact) mass is 404 g/mol. The van der Waals surface area contributed by atoms with Gasteiger partial charge in [0.05, 0.1) is 16.9 Å². The van der Waals surface area contributed by atoms with Crippen LogP contribution in [0.25, 0.3) is 22.2 Å². The van der Waals surface area contributed by atoms with Gasteiger partial charge in [-0.1, -0.05) is 37.9 Å². The molecule has 3 aromatic rings. The summed E-state index contributed by atoms with van der Waals surface area (Å²) in [5.41, 5.74) is 6.56. The van der Waals surface area contributed by atoms with Gasteiger partial charge in [-0.25, -0.2) is 0 Å². The lowest BCUT2D eigenvalue weighted by molar-refractivity contribution is 0.886. The largest absolute Gasteiger partial charge is 0.383 e. The number of fused-ring (bicyclic) bond motifs is 5. The van der Waals surface area contributed by atoms with E-state index < -0.39 is 0 Å². The van der Waals surface area contributed by atoms with Crippen molar-refractivity contribution in [2.75, 3.05) is 11.9 Å². The standard InChI is InChI=1S/C17H14Br2N2/c1-2-20-16-14-8-12(19)4-6-15(14)21-9-10-7-11(18)3-5-13(10)17(16)21/h3-8,20H,2,9H2,1H3. The molecule has 106 valence electrons. The van der Waals surface area contributed by atoms with E-state index in [9.17, 15) is 0 Å². The summed E-state index contributed by atoms with van der Waals surface area (Å²) in [7, 11) is 0. The number of anilines is 1. The zero-order valence-corrected chi connectivity index (χ0v) is 14.8. The maximum absolute atomic E-state index is 3.59. The van der Waals surface area contributed by atoms with Gasteiger partial charge in [-0.15, -0.1) is 0 Å². The molecule has 0 unspecified atom stereocenters. The Bertz CT molecular complexity index is 865. The Hall–Kier alpha value is -1.26. The zero-order chi connectivity index (χ0) is 14.6. The molecular formula is C17H14Br2N2. The van der Waals surface area contributed by atoms with Gasteiger partial charge in [-0.05, 0) is 42.8 Å². The molecule has 0 aliphatic carbocycles. The minimum absolute atomic E-state index is 0.921. The first-order valence-corrected chi connectivity index (χ1v) is 8.62. The van der Waals surface area contributed by atoms with Crippen LogP contribution in [0.4, 0.5) is 5.69 Å². The number of nitrogens with zero attached hydrogens (tertiary/aromatic N) is 1. The molecule has 4 rings (SSSR count). The Labute approximate surface area is 140 Å². The van der Waals surface area contributed by atoms with E-state index in [-0.39, 0.29) is 0 Å². The lowest BCUT2D eigenvalue weighted by Crippen LogP contribution is -1.97. The Kier molecular flexibility index (Phi) is 3.12. The van der Waals surface area contributed by atoms with Gasteiger partial charge in [0.1, 0.15) is 0 Å². The molecule has 0 amide bonds. The van der Waals surface area contributed by atoms with Crippen LogP contribution in [0.1, 0.15) is 12.5 Å². The highest BCUT2D eigenvalue weighted by molar-refractivity contribution is 9.10. The van der Waals surface area contributed by atoms with Crippen molar-refractivity contribution in [2.24, 2.45) is 0 Å². The van der Waals surface area contributed by atoms with Gasteiger partial charge >= 0.3 is 0 Å². The van der Waals surface area contributed by atoms with E-state index in [0.717, 1.165) is 22.0 Å². The summed E-state index contributed by atoms with van der Waals surface area (Å²) in [6.07, 6.45) is 0. The van der Waals surface area contributed by atoms with Crippen molar-refractivity contribution >= 4 is 48.5 Å². The molecule has 0 fully saturated rings. The second kappa shape index (κ2) is 4.89. The molecule has 0 spiro atoms. The number of rotatable bonds is 2. The summed E-state index contributed by atoms with van der Waals surface area (Å²) in [6.45, 7) is 4.00. The SMILES string of the molecule is CCNc1c2n(c3ccc(Br)cc13)Cc1cc(Br)ccc1-2. The fraction of sp³-hybridized carbons (Fsp3) is 0.176. The molecule has 1 aliphatic heterocycles. The second-order valence-corrected chi connectivity index (χ2v) is 7.13. The summed E-state index contributed by atoms with van der Waals surface area (Å²) in [5, 5.41) is 4.85. The zero-order valence-electron chi connectivity index (χ0n) is 11.6. The second-order valence-electron chi connectivity index (χ2n) is 5.30. The van der Waals surface area contributed by atoms with Crippen LogP contribution in [-0.4, -0.2) is 11.1 Å². The van der Waals surface area contributed by atoms with Crippen molar-refractivity contribution in [2.45, 2.75) is 13.5 Å². The molecule has 0 atom stereocenters. The van der Waals surface area contributed by atoms with Crippen molar-refractivity contribution in [3.8, 4) is 11.3 Å². The average Bonchev–Trinajstić information content (AvgIpc) is 2.95. The van der Waals surface area contributed by atoms with Gasteiger partial charge in [0.2, 0.25) is 0 Å². The summed E-state index contributed by atoms with van der Waals surface area (Å²) >= 11 is 7.16. The van der Waals surface area contributed by atoms with Crippen molar-refractivity contribution < 1.29 is 0 Å². The molecule has 0 saturated carbocycles. The van der Waals surface area contributed by atoms with E-state index >= 15 is 0 Å². The predicted octanol–water partition coefficient (Wildman–Crippen LogP) is 5.63. The van der Waals surface area contributed by atoms with Crippen molar-refractivity contribution in [1.82, 2.24) is 4.57 Å². The maximum Gasteiger partial charge on any atom is 0.0733 e. The lowest BCUT2D eigenvalue weighted by Gasteiger charge is -2.06. The van der Waals surface area contributed by atoms with Crippen LogP contribution < -0.4 is 5.32 Å². The van der Waals surface area contributed by atoms with Gasteiger partial charge in [0, 0.05) is 33.0 Å². The van der Waals surface area contributed by atoms with Crippen LogP contribution in [0.15, 0.2) is 45.3 Å². The molecule has 1 aliphatic rings. The maximum atomic E-state index is 3.59. The molecule has 0 saturated heterocycles. The Morgan fingerprint density at radius 3 is 2.67 bits per heavy atom. The Morgan fingerprint density at radius 2 is 1.86 bits per heavy atom.